The fourth-order valence-electron chi connectivity index (χ4n) is 1.70. The molecule has 0 N–H and O–H groups in total. The van der Waals surface area contributed by atoms with Crippen molar-refractivity contribution in [2.24, 2.45) is 0 Å². The molecule has 96 valence electrons. The molecule has 1 heterocycles. The third-order valence-electron chi connectivity index (χ3n) is 2.57. The van der Waals surface area contributed by atoms with Crippen molar-refractivity contribution < 1.29 is 14.1 Å². The van der Waals surface area contributed by atoms with Gasteiger partial charge in [-0.15, -0.1) is 0 Å². The van der Waals surface area contributed by atoms with Gasteiger partial charge in [0.1, 0.15) is 11.8 Å². The molecule has 0 amide bonds. The van der Waals surface area contributed by atoms with Crippen LogP contribution < -0.4 is 4.74 Å². The molecule has 0 saturated carbocycles. The van der Waals surface area contributed by atoms with Gasteiger partial charge in [0.25, 0.3) is 0 Å². The molecule has 19 heavy (non-hydrogen) atoms. The van der Waals surface area contributed by atoms with Gasteiger partial charge in [0.2, 0.25) is 0 Å². The largest absolute Gasteiger partial charge is 0.490 e. The van der Waals surface area contributed by atoms with Crippen molar-refractivity contribution >= 4 is 5.69 Å². The molecule has 2 aromatic rings. The van der Waals surface area contributed by atoms with E-state index in [0.717, 1.165) is 6.07 Å². The van der Waals surface area contributed by atoms with Crippen molar-refractivity contribution in [1.82, 2.24) is 4.57 Å². The average Bonchev–Trinajstić information content (AvgIpc) is 2.86. The Hall–Kier alpha value is -2.88. The minimum Gasteiger partial charge on any atom is -0.490 e. The van der Waals surface area contributed by atoms with Gasteiger partial charge in [-0.1, -0.05) is 0 Å². The fraction of sp³-hybridized carbons (Fsp3) is 0.0833. The Morgan fingerprint density at radius 2 is 2.26 bits per heavy atom. The van der Waals surface area contributed by atoms with Gasteiger partial charge in [-0.05, 0) is 12.1 Å². The third-order valence-corrected chi connectivity index (χ3v) is 2.57. The molecule has 0 bridgehead atoms. The Labute approximate surface area is 107 Å². The van der Waals surface area contributed by atoms with Crippen LogP contribution >= 0.6 is 0 Å². The SMILES string of the molecule is COc1cc(-n2cccc2C#N)c(F)cc1[N+](=O)[O-]. The van der Waals surface area contributed by atoms with E-state index in [1.807, 2.05) is 6.07 Å². The first kappa shape index (κ1) is 12.6. The van der Waals surface area contributed by atoms with E-state index in [1.54, 1.807) is 6.07 Å². The molecular weight excluding hydrogens is 253 g/mol. The first-order chi connectivity index (χ1) is 9.08. The number of ether oxygens (including phenoxy) is 1. The Morgan fingerprint density at radius 3 is 2.84 bits per heavy atom. The molecule has 0 unspecified atom stereocenters. The van der Waals surface area contributed by atoms with Gasteiger partial charge in [0.05, 0.1) is 23.8 Å². The summed E-state index contributed by atoms with van der Waals surface area (Å²) in [5, 5.41) is 19.6. The van der Waals surface area contributed by atoms with Crippen LogP contribution in [0, 0.1) is 27.3 Å². The van der Waals surface area contributed by atoms with Crippen molar-refractivity contribution in [2.45, 2.75) is 0 Å². The van der Waals surface area contributed by atoms with E-state index in [1.165, 1.54) is 30.0 Å². The van der Waals surface area contributed by atoms with Crippen LogP contribution in [0.3, 0.4) is 0 Å². The summed E-state index contributed by atoms with van der Waals surface area (Å²) in [4.78, 5) is 10.0. The smallest absolute Gasteiger partial charge is 0.313 e. The number of benzene rings is 1. The molecule has 0 atom stereocenters. The normalized spacial score (nSPS) is 9.95. The molecule has 1 aromatic carbocycles. The number of nitro benzene ring substituents is 1. The zero-order valence-corrected chi connectivity index (χ0v) is 9.83. The number of nitrogens with zero attached hydrogens (tertiary/aromatic N) is 3. The van der Waals surface area contributed by atoms with Gasteiger partial charge in [0.15, 0.2) is 11.6 Å². The summed E-state index contributed by atoms with van der Waals surface area (Å²) >= 11 is 0. The summed E-state index contributed by atoms with van der Waals surface area (Å²) in [5.74, 6) is -0.876. The van der Waals surface area contributed by atoms with Crippen LogP contribution in [0.4, 0.5) is 10.1 Å². The molecule has 0 fully saturated rings. The third kappa shape index (κ3) is 2.11. The highest BCUT2D eigenvalue weighted by Crippen LogP contribution is 2.31. The highest BCUT2D eigenvalue weighted by Gasteiger charge is 2.20. The number of nitro groups is 1. The monoisotopic (exact) mass is 261 g/mol. The summed E-state index contributed by atoms with van der Waals surface area (Å²) in [6.45, 7) is 0. The molecule has 6 nitrogen and oxygen atoms in total. The lowest BCUT2D eigenvalue weighted by molar-refractivity contribution is -0.385. The van der Waals surface area contributed by atoms with Gasteiger partial charge in [-0.3, -0.25) is 10.1 Å². The summed E-state index contributed by atoms with van der Waals surface area (Å²) in [6, 6.07) is 6.94. The van der Waals surface area contributed by atoms with Crippen LogP contribution in [0.5, 0.6) is 5.75 Å². The topological polar surface area (TPSA) is 81.1 Å². The summed E-state index contributed by atoms with van der Waals surface area (Å²) < 4.78 is 20.1. The standard InChI is InChI=1S/C12H8FN3O3/c1-19-12-6-10(9(13)5-11(12)16(17)18)15-4-2-3-8(15)7-14/h2-6H,1H3. The number of methoxy groups -OCH3 is 1. The molecule has 1 aromatic heterocycles. The van der Waals surface area contributed by atoms with E-state index >= 15 is 0 Å². The second-order valence-electron chi connectivity index (χ2n) is 3.61. The number of hydrogen-bond donors (Lipinski definition) is 0. The highest BCUT2D eigenvalue weighted by molar-refractivity contribution is 5.55. The van der Waals surface area contributed by atoms with E-state index in [0.29, 0.717) is 0 Å². The number of aromatic nitrogens is 1. The number of nitriles is 1. The molecule has 0 saturated heterocycles. The number of hydrogen-bond acceptors (Lipinski definition) is 4. The van der Waals surface area contributed by atoms with Crippen molar-refractivity contribution in [3.8, 4) is 17.5 Å². The van der Waals surface area contributed by atoms with Crippen molar-refractivity contribution in [2.75, 3.05) is 7.11 Å². The lowest BCUT2D eigenvalue weighted by Crippen LogP contribution is -2.02. The van der Waals surface area contributed by atoms with Crippen LogP contribution in [-0.4, -0.2) is 16.6 Å². The van der Waals surface area contributed by atoms with Crippen molar-refractivity contribution in [3.05, 3.63) is 52.1 Å². The number of halogens is 1. The molecule has 7 heteroatoms. The van der Waals surface area contributed by atoms with Crippen LogP contribution in [0.25, 0.3) is 5.69 Å². The molecule has 0 spiro atoms. The van der Waals surface area contributed by atoms with Crippen LogP contribution in [0.1, 0.15) is 5.69 Å². The number of rotatable bonds is 3. The van der Waals surface area contributed by atoms with E-state index in [4.69, 9.17) is 10.00 Å². The minimum atomic E-state index is -0.805. The Bertz CT molecular complexity index is 688. The lowest BCUT2D eigenvalue weighted by atomic mass is 10.2. The molecular formula is C12H8FN3O3. The quantitative estimate of drug-likeness (QED) is 0.627. The predicted molar refractivity (Wildman–Crippen MR) is 63.6 cm³/mol. The second kappa shape index (κ2) is 4.78. The van der Waals surface area contributed by atoms with Gasteiger partial charge in [-0.25, -0.2) is 4.39 Å². The molecule has 0 aliphatic heterocycles. The Kier molecular flexibility index (Phi) is 3.16. The first-order valence-electron chi connectivity index (χ1n) is 5.18. The zero-order chi connectivity index (χ0) is 14.0. The summed E-state index contributed by atoms with van der Waals surface area (Å²) in [6.07, 6.45) is 1.49. The zero-order valence-electron chi connectivity index (χ0n) is 9.83. The van der Waals surface area contributed by atoms with Crippen molar-refractivity contribution in [3.63, 3.8) is 0 Å². The molecule has 0 aliphatic carbocycles. The average molecular weight is 261 g/mol. The van der Waals surface area contributed by atoms with Crippen LogP contribution in [-0.2, 0) is 0 Å². The molecule has 2 rings (SSSR count). The van der Waals surface area contributed by atoms with E-state index in [2.05, 4.69) is 0 Å². The summed E-state index contributed by atoms with van der Waals surface area (Å²) in [5.41, 5.74) is -0.229. The van der Waals surface area contributed by atoms with Gasteiger partial charge >= 0.3 is 5.69 Å². The maximum absolute atomic E-state index is 13.9. The minimum absolute atomic E-state index is 0.0176. The summed E-state index contributed by atoms with van der Waals surface area (Å²) in [7, 11) is 1.25. The van der Waals surface area contributed by atoms with Gasteiger partial charge < -0.3 is 9.30 Å². The predicted octanol–water partition coefficient (Wildman–Crippen LogP) is 2.40. The fourth-order valence-corrected chi connectivity index (χ4v) is 1.70. The van der Waals surface area contributed by atoms with Crippen LogP contribution in [0.2, 0.25) is 0 Å². The van der Waals surface area contributed by atoms with Crippen LogP contribution in [0.15, 0.2) is 30.5 Å². The molecule has 0 radical (unpaired) electrons. The van der Waals surface area contributed by atoms with E-state index < -0.39 is 16.4 Å². The van der Waals surface area contributed by atoms with Gasteiger partial charge in [-0.2, -0.15) is 5.26 Å². The van der Waals surface area contributed by atoms with E-state index in [9.17, 15) is 14.5 Å². The van der Waals surface area contributed by atoms with E-state index in [-0.39, 0.29) is 17.1 Å². The maximum Gasteiger partial charge on any atom is 0.313 e. The molecule has 0 aliphatic rings. The highest BCUT2D eigenvalue weighted by atomic mass is 19.1. The lowest BCUT2D eigenvalue weighted by Gasteiger charge is -2.09. The Balaban J connectivity index is 2.67. The Morgan fingerprint density at radius 1 is 1.53 bits per heavy atom. The van der Waals surface area contributed by atoms with Crippen molar-refractivity contribution in [1.29, 1.82) is 5.26 Å². The second-order valence-corrected chi connectivity index (χ2v) is 3.61. The maximum atomic E-state index is 13.9. The van der Waals surface area contributed by atoms with Gasteiger partial charge in [0, 0.05) is 12.3 Å². The first-order valence-corrected chi connectivity index (χ1v) is 5.18.